The van der Waals surface area contributed by atoms with E-state index in [4.69, 9.17) is 0 Å². The summed E-state index contributed by atoms with van der Waals surface area (Å²) in [6.45, 7) is 4.44. The molecule has 0 nitrogen and oxygen atoms in total. The summed E-state index contributed by atoms with van der Waals surface area (Å²) in [5.74, 6) is 0. The van der Waals surface area contributed by atoms with Crippen molar-refractivity contribution in [3.8, 4) is 0 Å². The fourth-order valence-electron chi connectivity index (χ4n) is 3.48. The summed E-state index contributed by atoms with van der Waals surface area (Å²) < 4.78 is 2.74. The first-order valence-corrected chi connectivity index (χ1v) is 12.1. The van der Waals surface area contributed by atoms with Gasteiger partial charge in [0.25, 0.3) is 0 Å². The maximum Gasteiger partial charge on any atom is 0.0358 e. The Bertz CT molecular complexity index is 1200. The molecule has 29 heavy (non-hydrogen) atoms. The molecule has 0 saturated heterocycles. The molecule has 0 N–H and O–H groups in total. The molecule has 0 aliphatic carbocycles. The van der Waals surface area contributed by atoms with E-state index in [1.807, 2.05) is 34.9 Å². The fraction of sp³-hybridized carbons (Fsp3) is 0.0769. The molecule has 0 aliphatic rings. The third kappa shape index (κ3) is 3.83. The maximum absolute atomic E-state index is 2.38. The minimum Gasteiger partial charge on any atom is -0.135 e. The van der Waals surface area contributed by atoms with Crippen LogP contribution in [0.2, 0.25) is 0 Å². The number of hydrogen-bond acceptors (Lipinski definition) is 3. The highest BCUT2D eigenvalue weighted by molar-refractivity contribution is 7.99. The fourth-order valence-corrected chi connectivity index (χ4v) is 6.64. The third-order valence-corrected chi connectivity index (χ3v) is 8.46. The summed E-state index contributed by atoms with van der Waals surface area (Å²) in [5.41, 5.74) is 2.68. The van der Waals surface area contributed by atoms with Gasteiger partial charge in [0.1, 0.15) is 0 Å². The lowest BCUT2D eigenvalue weighted by Gasteiger charge is -2.08. The van der Waals surface area contributed by atoms with Gasteiger partial charge in [-0.3, -0.25) is 0 Å². The lowest BCUT2D eigenvalue weighted by Crippen LogP contribution is -1.82. The zero-order valence-electron chi connectivity index (χ0n) is 16.3. The van der Waals surface area contributed by atoms with Gasteiger partial charge in [-0.05, 0) is 73.5 Å². The highest BCUT2D eigenvalue weighted by Gasteiger charge is 2.12. The molecule has 5 rings (SSSR count). The zero-order chi connectivity index (χ0) is 19.8. The van der Waals surface area contributed by atoms with Crippen molar-refractivity contribution in [3.63, 3.8) is 0 Å². The van der Waals surface area contributed by atoms with Gasteiger partial charge < -0.3 is 0 Å². The smallest absolute Gasteiger partial charge is 0.0358 e. The van der Waals surface area contributed by atoms with E-state index in [2.05, 4.69) is 98.8 Å². The Morgan fingerprint density at radius 1 is 0.552 bits per heavy atom. The van der Waals surface area contributed by atoms with Gasteiger partial charge in [-0.25, -0.2) is 0 Å². The number of rotatable bonds is 4. The topological polar surface area (TPSA) is 0 Å². The Hall–Kier alpha value is -2.20. The van der Waals surface area contributed by atoms with Gasteiger partial charge in [0.05, 0.1) is 0 Å². The molecule has 0 aliphatic heterocycles. The second-order valence-corrected chi connectivity index (χ2v) is 10.5. The molecular weight excluding hydrogens is 408 g/mol. The van der Waals surface area contributed by atoms with Gasteiger partial charge in [-0.15, -0.1) is 11.3 Å². The van der Waals surface area contributed by atoms with Gasteiger partial charge in [0, 0.05) is 39.8 Å². The molecule has 0 unspecified atom stereocenters. The molecule has 0 spiro atoms. The molecule has 3 heteroatoms. The number of benzene rings is 4. The average molecular weight is 429 g/mol. The van der Waals surface area contributed by atoms with Crippen molar-refractivity contribution in [2.75, 3.05) is 0 Å². The Morgan fingerprint density at radius 2 is 0.966 bits per heavy atom. The molecule has 0 radical (unpaired) electrons. The molecule has 0 atom stereocenters. The SMILES string of the molecule is Cc1cc2sc3cc(C)c(Sc4ccccc4)cc3c2cc1Sc1ccccc1. The summed E-state index contributed by atoms with van der Waals surface area (Å²) in [6.07, 6.45) is 0. The first-order chi connectivity index (χ1) is 14.2. The normalized spacial score (nSPS) is 11.4. The predicted molar refractivity (Wildman–Crippen MR) is 130 cm³/mol. The molecule has 0 fully saturated rings. The minimum absolute atomic E-state index is 1.28. The summed E-state index contributed by atoms with van der Waals surface area (Å²) >= 11 is 5.60. The number of fused-ring (bicyclic) bond motifs is 3. The highest BCUT2D eigenvalue weighted by Crippen LogP contribution is 2.42. The van der Waals surface area contributed by atoms with Gasteiger partial charge in [0.15, 0.2) is 0 Å². The van der Waals surface area contributed by atoms with E-state index in [9.17, 15) is 0 Å². The van der Waals surface area contributed by atoms with Crippen molar-refractivity contribution < 1.29 is 0 Å². The van der Waals surface area contributed by atoms with Crippen LogP contribution in [0.5, 0.6) is 0 Å². The Kier molecular flexibility index (Phi) is 5.13. The number of aryl methyl sites for hydroxylation is 2. The van der Waals surface area contributed by atoms with E-state index < -0.39 is 0 Å². The predicted octanol–water partition coefficient (Wildman–Crippen LogP) is 8.97. The Balaban J connectivity index is 1.61. The van der Waals surface area contributed by atoms with Crippen molar-refractivity contribution in [2.45, 2.75) is 33.4 Å². The minimum atomic E-state index is 1.28. The van der Waals surface area contributed by atoms with Crippen LogP contribution >= 0.6 is 34.9 Å². The van der Waals surface area contributed by atoms with Crippen molar-refractivity contribution in [2.24, 2.45) is 0 Å². The monoisotopic (exact) mass is 428 g/mol. The van der Waals surface area contributed by atoms with Gasteiger partial charge >= 0.3 is 0 Å². The van der Waals surface area contributed by atoms with Crippen molar-refractivity contribution in [3.05, 3.63) is 96.1 Å². The molecule has 4 aromatic carbocycles. The quantitative estimate of drug-likeness (QED) is 0.280. The average Bonchev–Trinajstić information content (AvgIpc) is 3.06. The van der Waals surface area contributed by atoms with E-state index in [1.54, 1.807) is 0 Å². The standard InChI is InChI=1S/C26H20S3/c1-17-13-25-21(15-23(17)27-19-9-5-3-6-10-19)22-16-24(18(2)14-26(22)29-25)28-20-11-7-4-8-12-20/h3-16H,1-2H3. The Labute approximate surface area is 184 Å². The molecular formula is C26H20S3. The van der Waals surface area contributed by atoms with Crippen molar-refractivity contribution in [1.82, 2.24) is 0 Å². The molecule has 0 bridgehead atoms. The van der Waals surface area contributed by atoms with E-state index in [0.29, 0.717) is 0 Å². The van der Waals surface area contributed by atoms with Crippen LogP contribution in [0, 0.1) is 13.8 Å². The second kappa shape index (κ2) is 7.91. The van der Waals surface area contributed by atoms with Crippen LogP contribution in [0.25, 0.3) is 20.2 Å². The van der Waals surface area contributed by atoms with Gasteiger partial charge in [-0.1, -0.05) is 59.9 Å². The van der Waals surface area contributed by atoms with Crippen molar-refractivity contribution in [1.29, 1.82) is 0 Å². The second-order valence-electron chi connectivity index (χ2n) is 7.16. The van der Waals surface area contributed by atoms with E-state index >= 15 is 0 Å². The van der Waals surface area contributed by atoms with E-state index in [0.717, 1.165) is 0 Å². The lowest BCUT2D eigenvalue weighted by atomic mass is 10.1. The molecule has 0 saturated carbocycles. The van der Waals surface area contributed by atoms with Crippen LogP contribution in [0.15, 0.2) is 105 Å². The molecule has 1 aromatic heterocycles. The maximum atomic E-state index is 2.38. The summed E-state index contributed by atoms with van der Waals surface area (Å²) in [5, 5.41) is 2.73. The largest absolute Gasteiger partial charge is 0.135 e. The Morgan fingerprint density at radius 3 is 1.38 bits per heavy atom. The molecule has 142 valence electrons. The van der Waals surface area contributed by atoms with Gasteiger partial charge in [0.2, 0.25) is 0 Å². The van der Waals surface area contributed by atoms with E-state index in [1.165, 1.54) is 50.9 Å². The molecule has 1 heterocycles. The zero-order valence-corrected chi connectivity index (χ0v) is 18.8. The van der Waals surface area contributed by atoms with Crippen molar-refractivity contribution >= 4 is 55.0 Å². The van der Waals surface area contributed by atoms with Crippen LogP contribution < -0.4 is 0 Å². The number of hydrogen-bond donors (Lipinski definition) is 0. The van der Waals surface area contributed by atoms with Gasteiger partial charge in [-0.2, -0.15) is 0 Å². The molecule has 5 aromatic rings. The first kappa shape index (κ1) is 18.8. The molecule has 0 amide bonds. The van der Waals surface area contributed by atoms with Crippen LogP contribution in [0.3, 0.4) is 0 Å². The highest BCUT2D eigenvalue weighted by atomic mass is 32.2. The summed E-state index contributed by atoms with van der Waals surface area (Å²) in [6, 6.07) is 30.7. The summed E-state index contributed by atoms with van der Waals surface area (Å²) in [7, 11) is 0. The lowest BCUT2D eigenvalue weighted by molar-refractivity contribution is 1.31. The first-order valence-electron chi connectivity index (χ1n) is 9.61. The summed E-state index contributed by atoms with van der Waals surface area (Å²) in [4.78, 5) is 5.23. The third-order valence-electron chi connectivity index (χ3n) is 5.01. The van der Waals surface area contributed by atoms with E-state index in [-0.39, 0.29) is 0 Å². The van der Waals surface area contributed by atoms with Crippen LogP contribution in [-0.4, -0.2) is 0 Å². The number of thiophene rings is 1. The van der Waals surface area contributed by atoms with Crippen LogP contribution in [0.1, 0.15) is 11.1 Å². The van der Waals surface area contributed by atoms with Crippen LogP contribution in [-0.2, 0) is 0 Å². The van der Waals surface area contributed by atoms with Crippen LogP contribution in [0.4, 0.5) is 0 Å².